The summed E-state index contributed by atoms with van der Waals surface area (Å²) in [6, 6.07) is 9.84. The molecule has 8 nitrogen and oxygen atoms in total. The standard InChI is InChI=1S/C23H21FN6O2/c1-13-11-29(12-19(13)32-2)20-6-7-30(28-20)18-8-16(27-17-10-26-23(31)22(17)18)21-14(9-25)4-3-5-15(21)24/h3-8,13,19H,10-12H2,1-2H3,(H,26,31)/t13-,19+/m1/s1. The predicted octanol–water partition coefficient (Wildman–Crippen LogP) is 2.66. The lowest BCUT2D eigenvalue weighted by Gasteiger charge is -2.15. The number of hydrogen-bond donors (Lipinski definition) is 1. The summed E-state index contributed by atoms with van der Waals surface area (Å²) in [4.78, 5) is 19.2. The van der Waals surface area contributed by atoms with Crippen LogP contribution >= 0.6 is 0 Å². The molecule has 9 heteroatoms. The van der Waals surface area contributed by atoms with E-state index in [2.05, 4.69) is 22.1 Å². The second-order valence-corrected chi connectivity index (χ2v) is 8.08. The van der Waals surface area contributed by atoms with Crippen molar-refractivity contribution in [3.05, 3.63) is 59.2 Å². The topological polar surface area (TPSA) is 96.1 Å². The molecule has 0 radical (unpaired) electrons. The number of carbonyl (C=O) groups excluding carboxylic acids is 1. The number of carbonyl (C=O) groups is 1. The fraction of sp³-hybridized carbons (Fsp3) is 0.304. The third-order valence-corrected chi connectivity index (χ3v) is 6.10. The second-order valence-electron chi connectivity index (χ2n) is 8.08. The number of anilines is 1. The lowest BCUT2D eigenvalue weighted by molar-refractivity contribution is 0.0899. The van der Waals surface area contributed by atoms with E-state index < -0.39 is 5.82 Å². The summed E-state index contributed by atoms with van der Waals surface area (Å²) >= 11 is 0. The van der Waals surface area contributed by atoms with Crippen molar-refractivity contribution in [2.24, 2.45) is 5.92 Å². The van der Waals surface area contributed by atoms with Crippen LogP contribution in [0.1, 0.15) is 28.5 Å². The number of rotatable bonds is 4. The smallest absolute Gasteiger partial charge is 0.255 e. The van der Waals surface area contributed by atoms with Gasteiger partial charge in [-0.05, 0) is 18.2 Å². The molecule has 162 valence electrons. The molecule has 1 N–H and O–H groups in total. The van der Waals surface area contributed by atoms with Gasteiger partial charge < -0.3 is 15.0 Å². The Morgan fingerprint density at radius 3 is 2.88 bits per heavy atom. The molecule has 0 unspecified atom stereocenters. The number of pyridine rings is 1. The Hall–Kier alpha value is -3.77. The minimum atomic E-state index is -0.544. The molecular formula is C23H21FN6O2. The fourth-order valence-electron chi connectivity index (χ4n) is 4.45. The van der Waals surface area contributed by atoms with E-state index in [1.54, 1.807) is 30.1 Å². The van der Waals surface area contributed by atoms with Crippen LogP contribution in [0.15, 0.2) is 36.5 Å². The van der Waals surface area contributed by atoms with Gasteiger partial charge in [-0.3, -0.25) is 4.79 Å². The zero-order valence-electron chi connectivity index (χ0n) is 17.7. The van der Waals surface area contributed by atoms with Crippen LogP contribution in [-0.2, 0) is 11.3 Å². The van der Waals surface area contributed by atoms with Crippen molar-refractivity contribution in [2.75, 3.05) is 25.1 Å². The van der Waals surface area contributed by atoms with Crippen LogP contribution in [0, 0.1) is 23.1 Å². The van der Waals surface area contributed by atoms with Crippen molar-refractivity contribution >= 4 is 11.7 Å². The highest BCUT2D eigenvalue weighted by molar-refractivity contribution is 6.01. The molecule has 2 aliphatic rings. The third-order valence-electron chi connectivity index (χ3n) is 6.10. The Morgan fingerprint density at radius 1 is 1.28 bits per heavy atom. The first-order chi connectivity index (χ1) is 15.5. The second kappa shape index (κ2) is 7.73. The first-order valence-corrected chi connectivity index (χ1v) is 10.3. The fourth-order valence-corrected chi connectivity index (χ4v) is 4.45. The number of methoxy groups -OCH3 is 1. The van der Waals surface area contributed by atoms with Gasteiger partial charge >= 0.3 is 0 Å². The number of nitrogens with one attached hydrogen (secondary N) is 1. The third kappa shape index (κ3) is 3.20. The minimum Gasteiger partial charge on any atom is -0.379 e. The number of amides is 1. The van der Waals surface area contributed by atoms with Crippen LogP contribution in [0.4, 0.5) is 10.2 Å². The zero-order chi connectivity index (χ0) is 22.4. The van der Waals surface area contributed by atoms with E-state index in [0.717, 1.165) is 18.9 Å². The van der Waals surface area contributed by atoms with Gasteiger partial charge in [0.25, 0.3) is 5.91 Å². The zero-order valence-corrected chi connectivity index (χ0v) is 17.7. The predicted molar refractivity (Wildman–Crippen MR) is 115 cm³/mol. The highest BCUT2D eigenvalue weighted by Crippen LogP contribution is 2.32. The van der Waals surface area contributed by atoms with Gasteiger partial charge in [0.2, 0.25) is 0 Å². The molecule has 5 rings (SSSR count). The Morgan fingerprint density at radius 2 is 2.12 bits per heavy atom. The molecule has 1 amide bonds. The maximum atomic E-state index is 14.7. The van der Waals surface area contributed by atoms with E-state index in [0.29, 0.717) is 22.9 Å². The quantitative estimate of drug-likeness (QED) is 0.681. The summed E-state index contributed by atoms with van der Waals surface area (Å²) in [5.74, 6) is 0.343. The van der Waals surface area contributed by atoms with E-state index >= 15 is 0 Å². The Balaban J connectivity index is 1.61. The summed E-state index contributed by atoms with van der Waals surface area (Å²) in [6.07, 6.45) is 1.91. The molecule has 1 fully saturated rings. The number of ether oxygens (including phenoxy) is 1. The van der Waals surface area contributed by atoms with Gasteiger partial charge in [0.1, 0.15) is 5.82 Å². The number of halogens is 1. The van der Waals surface area contributed by atoms with Gasteiger partial charge in [-0.2, -0.15) is 10.4 Å². The summed E-state index contributed by atoms with van der Waals surface area (Å²) in [6.45, 7) is 3.92. The van der Waals surface area contributed by atoms with E-state index in [9.17, 15) is 14.4 Å². The monoisotopic (exact) mass is 432 g/mol. The molecule has 3 aromatic rings. The van der Waals surface area contributed by atoms with Crippen LogP contribution in [-0.4, -0.2) is 47.0 Å². The molecule has 2 aliphatic heterocycles. The summed E-state index contributed by atoms with van der Waals surface area (Å²) < 4.78 is 21.8. The van der Waals surface area contributed by atoms with Gasteiger partial charge in [-0.25, -0.2) is 14.1 Å². The molecule has 4 heterocycles. The summed E-state index contributed by atoms with van der Waals surface area (Å²) in [5, 5.41) is 16.9. The van der Waals surface area contributed by atoms with Crippen LogP contribution in [0.5, 0.6) is 0 Å². The first kappa shape index (κ1) is 20.2. The Labute approximate surface area is 184 Å². The van der Waals surface area contributed by atoms with Crippen LogP contribution in [0.3, 0.4) is 0 Å². The molecule has 1 aromatic carbocycles. The van der Waals surface area contributed by atoms with Crippen LogP contribution in [0.2, 0.25) is 0 Å². The molecule has 0 saturated carbocycles. The molecule has 1 saturated heterocycles. The maximum absolute atomic E-state index is 14.7. The van der Waals surface area contributed by atoms with Crippen molar-refractivity contribution in [1.82, 2.24) is 20.1 Å². The Bertz CT molecular complexity index is 1260. The van der Waals surface area contributed by atoms with E-state index in [4.69, 9.17) is 9.84 Å². The van der Waals surface area contributed by atoms with Crippen LogP contribution in [0.25, 0.3) is 16.9 Å². The minimum absolute atomic E-state index is 0.113. The van der Waals surface area contributed by atoms with Gasteiger partial charge in [0.15, 0.2) is 5.82 Å². The molecule has 0 spiro atoms. The first-order valence-electron chi connectivity index (χ1n) is 10.3. The number of hydrogen-bond acceptors (Lipinski definition) is 6. The number of aromatic nitrogens is 3. The maximum Gasteiger partial charge on any atom is 0.255 e. The lowest BCUT2D eigenvalue weighted by Crippen LogP contribution is -2.23. The van der Waals surface area contributed by atoms with Gasteiger partial charge in [0.05, 0.1) is 52.5 Å². The van der Waals surface area contributed by atoms with Crippen molar-refractivity contribution < 1.29 is 13.9 Å². The van der Waals surface area contributed by atoms with Crippen molar-refractivity contribution in [3.8, 4) is 23.0 Å². The average molecular weight is 432 g/mol. The van der Waals surface area contributed by atoms with Crippen LogP contribution < -0.4 is 10.2 Å². The molecule has 0 bridgehead atoms. The Kier molecular flexibility index (Phi) is 4.87. The van der Waals surface area contributed by atoms with Gasteiger partial charge in [-0.15, -0.1) is 0 Å². The normalized spacial score (nSPS) is 19.7. The summed E-state index contributed by atoms with van der Waals surface area (Å²) in [5.41, 5.74) is 1.98. The van der Waals surface area contributed by atoms with Gasteiger partial charge in [0, 0.05) is 38.4 Å². The summed E-state index contributed by atoms with van der Waals surface area (Å²) in [7, 11) is 1.71. The SMILES string of the molecule is CO[C@H]1CN(c2ccn(-c3cc(-c4c(F)cccc4C#N)nc4c3C(=O)NC4)n2)C[C@H]1C. The van der Waals surface area contributed by atoms with Crippen molar-refractivity contribution in [1.29, 1.82) is 5.26 Å². The molecule has 0 aliphatic carbocycles. The molecule has 32 heavy (non-hydrogen) atoms. The average Bonchev–Trinajstić information content (AvgIpc) is 3.51. The number of nitriles is 1. The van der Waals surface area contributed by atoms with Gasteiger partial charge in [-0.1, -0.05) is 13.0 Å². The number of nitrogens with zero attached hydrogens (tertiary/aromatic N) is 5. The highest BCUT2D eigenvalue weighted by atomic mass is 19.1. The highest BCUT2D eigenvalue weighted by Gasteiger charge is 2.32. The van der Waals surface area contributed by atoms with E-state index in [1.807, 2.05) is 12.1 Å². The number of fused-ring (bicyclic) bond motifs is 1. The van der Waals surface area contributed by atoms with E-state index in [-0.39, 0.29) is 35.4 Å². The van der Waals surface area contributed by atoms with Crippen molar-refractivity contribution in [3.63, 3.8) is 0 Å². The lowest BCUT2D eigenvalue weighted by atomic mass is 10.0. The number of benzene rings is 1. The molecule has 2 atom stereocenters. The molecule has 2 aromatic heterocycles. The molecular weight excluding hydrogens is 411 g/mol. The van der Waals surface area contributed by atoms with Crippen molar-refractivity contribution in [2.45, 2.75) is 19.6 Å². The van der Waals surface area contributed by atoms with E-state index in [1.165, 1.54) is 12.1 Å². The largest absolute Gasteiger partial charge is 0.379 e.